The first-order chi connectivity index (χ1) is 8.26. The molecule has 0 radical (unpaired) electrons. The molecule has 1 heterocycles. The lowest BCUT2D eigenvalue weighted by Gasteiger charge is -2.31. The van der Waals surface area contributed by atoms with E-state index in [2.05, 4.69) is 12.2 Å². The summed E-state index contributed by atoms with van der Waals surface area (Å²) in [5.74, 6) is 1.60. The van der Waals surface area contributed by atoms with E-state index in [0.717, 1.165) is 30.2 Å². The smallest absolute Gasteiger partial charge is 0.128 e. The van der Waals surface area contributed by atoms with Gasteiger partial charge in [-0.3, -0.25) is 0 Å². The maximum absolute atomic E-state index is 5.81. The van der Waals surface area contributed by atoms with Crippen LogP contribution in [0.1, 0.15) is 18.6 Å². The molecule has 0 spiro atoms. The molecule has 94 valence electrons. The zero-order valence-corrected chi connectivity index (χ0v) is 10.5. The molecule has 1 N–H and O–H groups in total. The molecule has 0 aromatic heterocycles. The molecule has 4 heteroatoms. The van der Waals surface area contributed by atoms with Gasteiger partial charge < -0.3 is 19.5 Å². The fraction of sp³-hybridized carbons (Fsp3) is 0.538. The molecule has 2 unspecified atom stereocenters. The summed E-state index contributed by atoms with van der Waals surface area (Å²) in [6, 6.07) is 6.11. The van der Waals surface area contributed by atoms with Crippen molar-refractivity contribution in [1.82, 2.24) is 5.32 Å². The molecule has 0 bridgehead atoms. The monoisotopic (exact) mass is 237 g/mol. The van der Waals surface area contributed by atoms with Crippen LogP contribution in [0.25, 0.3) is 0 Å². The largest absolute Gasteiger partial charge is 0.497 e. The molecule has 17 heavy (non-hydrogen) atoms. The van der Waals surface area contributed by atoms with E-state index in [0.29, 0.717) is 0 Å². The highest BCUT2D eigenvalue weighted by Gasteiger charge is 2.26. The highest BCUT2D eigenvalue weighted by Crippen LogP contribution is 2.33. The van der Waals surface area contributed by atoms with Crippen molar-refractivity contribution in [3.8, 4) is 11.5 Å². The Hall–Kier alpha value is -1.26. The van der Waals surface area contributed by atoms with E-state index in [4.69, 9.17) is 14.2 Å². The Morgan fingerprint density at radius 2 is 2.12 bits per heavy atom. The van der Waals surface area contributed by atoms with Gasteiger partial charge in [0.05, 0.1) is 20.8 Å². The van der Waals surface area contributed by atoms with Gasteiger partial charge >= 0.3 is 0 Å². The summed E-state index contributed by atoms with van der Waals surface area (Å²) in [5.41, 5.74) is 1.06. The van der Waals surface area contributed by atoms with Crippen LogP contribution in [0.3, 0.4) is 0 Å². The van der Waals surface area contributed by atoms with E-state index >= 15 is 0 Å². The molecule has 2 rings (SSSR count). The van der Waals surface area contributed by atoms with Gasteiger partial charge in [0.25, 0.3) is 0 Å². The molecular formula is C13H19NO3. The number of hydrogen-bond acceptors (Lipinski definition) is 4. The van der Waals surface area contributed by atoms with E-state index in [1.165, 1.54) is 0 Å². The molecule has 4 nitrogen and oxygen atoms in total. The summed E-state index contributed by atoms with van der Waals surface area (Å²) in [5, 5.41) is 3.40. The van der Waals surface area contributed by atoms with Gasteiger partial charge in [-0.25, -0.2) is 0 Å². The first-order valence-electron chi connectivity index (χ1n) is 5.83. The lowest BCUT2D eigenvalue weighted by atomic mass is 10.0. The van der Waals surface area contributed by atoms with E-state index in [-0.39, 0.29) is 12.1 Å². The minimum Gasteiger partial charge on any atom is -0.497 e. The van der Waals surface area contributed by atoms with Crippen LogP contribution in [0.5, 0.6) is 11.5 Å². The SMILES string of the molecule is COc1ccc(C2OCCNC2C)c(OC)c1. The molecule has 2 atom stereocenters. The number of ether oxygens (including phenoxy) is 3. The lowest BCUT2D eigenvalue weighted by Crippen LogP contribution is -2.41. The fourth-order valence-corrected chi connectivity index (χ4v) is 2.14. The topological polar surface area (TPSA) is 39.7 Å². The predicted octanol–water partition coefficient (Wildman–Crippen LogP) is 1.75. The van der Waals surface area contributed by atoms with Gasteiger partial charge in [-0.2, -0.15) is 0 Å². The van der Waals surface area contributed by atoms with Crippen LogP contribution in [0.4, 0.5) is 0 Å². The van der Waals surface area contributed by atoms with Gasteiger partial charge in [0.1, 0.15) is 17.6 Å². The highest BCUT2D eigenvalue weighted by atomic mass is 16.5. The van der Waals surface area contributed by atoms with Gasteiger partial charge in [0.2, 0.25) is 0 Å². The molecule has 1 aliphatic rings. The van der Waals surface area contributed by atoms with Gasteiger partial charge in [-0.1, -0.05) is 0 Å². The van der Waals surface area contributed by atoms with Crippen LogP contribution in [0, 0.1) is 0 Å². The van der Waals surface area contributed by atoms with E-state index in [9.17, 15) is 0 Å². The zero-order chi connectivity index (χ0) is 12.3. The summed E-state index contributed by atoms with van der Waals surface area (Å²) in [6.07, 6.45) is 0.0320. The van der Waals surface area contributed by atoms with Crippen molar-refractivity contribution >= 4 is 0 Å². The number of rotatable bonds is 3. The standard InChI is InChI=1S/C13H19NO3/c1-9-13(17-7-6-14-9)11-5-4-10(15-2)8-12(11)16-3/h4-5,8-9,13-14H,6-7H2,1-3H3. The zero-order valence-electron chi connectivity index (χ0n) is 10.5. The van der Waals surface area contributed by atoms with E-state index in [1.807, 2.05) is 18.2 Å². The molecule has 0 aliphatic carbocycles. The first kappa shape index (κ1) is 12.2. The number of methoxy groups -OCH3 is 2. The van der Waals surface area contributed by atoms with Gasteiger partial charge in [0, 0.05) is 24.2 Å². The third-order valence-electron chi connectivity index (χ3n) is 3.07. The number of benzene rings is 1. The van der Waals surface area contributed by atoms with E-state index < -0.39 is 0 Å². The average Bonchev–Trinajstić information content (AvgIpc) is 2.38. The van der Waals surface area contributed by atoms with Crippen LogP contribution in [0.15, 0.2) is 18.2 Å². The van der Waals surface area contributed by atoms with Crippen molar-refractivity contribution < 1.29 is 14.2 Å². The number of hydrogen-bond donors (Lipinski definition) is 1. The van der Waals surface area contributed by atoms with Crippen molar-refractivity contribution in [2.75, 3.05) is 27.4 Å². The quantitative estimate of drug-likeness (QED) is 0.869. The summed E-state index contributed by atoms with van der Waals surface area (Å²) in [6.45, 7) is 3.74. The summed E-state index contributed by atoms with van der Waals surface area (Å²) < 4.78 is 16.4. The fourth-order valence-electron chi connectivity index (χ4n) is 2.14. The second kappa shape index (κ2) is 5.38. The lowest BCUT2D eigenvalue weighted by molar-refractivity contribution is -0.00153. The second-order valence-corrected chi connectivity index (χ2v) is 4.14. The Kier molecular flexibility index (Phi) is 3.86. The molecule has 0 amide bonds. The van der Waals surface area contributed by atoms with Gasteiger partial charge in [-0.05, 0) is 19.1 Å². The Bertz CT molecular complexity index is 381. The third kappa shape index (κ3) is 2.53. The van der Waals surface area contributed by atoms with Crippen LogP contribution in [-0.4, -0.2) is 33.4 Å². The predicted molar refractivity (Wildman–Crippen MR) is 65.7 cm³/mol. The third-order valence-corrected chi connectivity index (χ3v) is 3.07. The van der Waals surface area contributed by atoms with Crippen molar-refractivity contribution in [2.45, 2.75) is 19.1 Å². The van der Waals surface area contributed by atoms with Crippen LogP contribution in [-0.2, 0) is 4.74 Å². The van der Waals surface area contributed by atoms with Gasteiger partial charge in [0.15, 0.2) is 0 Å². The minimum atomic E-state index is 0.0320. The Labute approximate surface area is 102 Å². The van der Waals surface area contributed by atoms with Crippen molar-refractivity contribution in [3.63, 3.8) is 0 Å². The maximum Gasteiger partial charge on any atom is 0.128 e. The number of nitrogens with one attached hydrogen (secondary N) is 1. The molecule has 0 saturated carbocycles. The Morgan fingerprint density at radius 1 is 1.29 bits per heavy atom. The molecular weight excluding hydrogens is 218 g/mol. The molecule has 1 aromatic rings. The molecule has 1 aromatic carbocycles. The second-order valence-electron chi connectivity index (χ2n) is 4.14. The first-order valence-corrected chi connectivity index (χ1v) is 5.83. The summed E-state index contributed by atoms with van der Waals surface area (Å²) in [7, 11) is 3.31. The minimum absolute atomic E-state index is 0.0320. The molecule has 1 aliphatic heterocycles. The maximum atomic E-state index is 5.81. The normalized spacial score (nSPS) is 24.4. The Balaban J connectivity index is 2.30. The molecule has 1 saturated heterocycles. The van der Waals surface area contributed by atoms with Crippen molar-refractivity contribution in [1.29, 1.82) is 0 Å². The Morgan fingerprint density at radius 3 is 2.76 bits per heavy atom. The summed E-state index contributed by atoms with van der Waals surface area (Å²) >= 11 is 0. The average molecular weight is 237 g/mol. The van der Waals surface area contributed by atoms with E-state index in [1.54, 1.807) is 14.2 Å². The highest BCUT2D eigenvalue weighted by molar-refractivity contribution is 5.42. The van der Waals surface area contributed by atoms with Crippen LogP contribution >= 0.6 is 0 Å². The van der Waals surface area contributed by atoms with Crippen LogP contribution < -0.4 is 14.8 Å². The molecule has 1 fully saturated rings. The van der Waals surface area contributed by atoms with Crippen molar-refractivity contribution in [2.24, 2.45) is 0 Å². The van der Waals surface area contributed by atoms with Gasteiger partial charge in [-0.15, -0.1) is 0 Å². The summed E-state index contributed by atoms with van der Waals surface area (Å²) in [4.78, 5) is 0. The van der Waals surface area contributed by atoms with Crippen LogP contribution in [0.2, 0.25) is 0 Å². The number of morpholine rings is 1. The van der Waals surface area contributed by atoms with Crippen molar-refractivity contribution in [3.05, 3.63) is 23.8 Å².